The molecular weight excluding hydrogens is 476 g/mol. The Balaban J connectivity index is 2.00. The van der Waals surface area contributed by atoms with Crippen LogP contribution in [0.1, 0.15) is 52.4 Å². The van der Waals surface area contributed by atoms with Gasteiger partial charge in [0.15, 0.2) is 12.4 Å². The second-order valence-electron chi connectivity index (χ2n) is 8.93. The van der Waals surface area contributed by atoms with Gasteiger partial charge in [-0.15, -0.1) is 0 Å². The molecule has 0 bridgehead atoms. The van der Waals surface area contributed by atoms with E-state index in [0.717, 1.165) is 22.3 Å². The van der Waals surface area contributed by atoms with E-state index in [9.17, 15) is 24.0 Å². The van der Waals surface area contributed by atoms with Crippen molar-refractivity contribution in [2.24, 2.45) is 0 Å². The SMILES string of the molecule is COC(=O)CCC(=O)N[C@@H](Cc1ccccc1)C(=O)N[C@H](C)C(=O)COC(=O)c1c(C)cc(C)cc1C. The highest BCUT2D eigenvalue weighted by Crippen LogP contribution is 2.17. The van der Waals surface area contributed by atoms with Crippen LogP contribution in [0.4, 0.5) is 0 Å². The van der Waals surface area contributed by atoms with Crippen LogP contribution in [0.2, 0.25) is 0 Å². The van der Waals surface area contributed by atoms with Gasteiger partial charge in [0.1, 0.15) is 6.04 Å². The lowest BCUT2D eigenvalue weighted by atomic mass is 10.00. The number of amides is 2. The van der Waals surface area contributed by atoms with E-state index in [0.29, 0.717) is 5.56 Å². The number of aryl methyl sites for hydroxylation is 3. The van der Waals surface area contributed by atoms with Crippen molar-refractivity contribution < 1.29 is 33.4 Å². The normalized spacial score (nSPS) is 12.1. The highest BCUT2D eigenvalue weighted by atomic mass is 16.5. The molecule has 0 heterocycles. The van der Waals surface area contributed by atoms with Gasteiger partial charge in [0.05, 0.1) is 25.1 Å². The van der Waals surface area contributed by atoms with Crippen LogP contribution in [-0.4, -0.2) is 55.3 Å². The standard InChI is InChI=1S/C28H34N2O7/c1-17-13-18(2)26(19(3)14-17)28(35)37-16-23(31)20(4)29-27(34)22(15-21-9-7-6-8-10-21)30-24(32)11-12-25(33)36-5/h6-10,13-14,20,22H,11-12,15-16H2,1-5H3,(H,29,34)(H,30,32)/t20-,22+/m1/s1. The first kappa shape index (κ1) is 29.2. The molecule has 0 aliphatic carbocycles. The summed E-state index contributed by atoms with van der Waals surface area (Å²) >= 11 is 0. The lowest BCUT2D eigenvalue weighted by Crippen LogP contribution is -2.52. The molecule has 198 valence electrons. The zero-order valence-electron chi connectivity index (χ0n) is 21.9. The summed E-state index contributed by atoms with van der Waals surface area (Å²) in [5.74, 6) is -2.73. The highest BCUT2D eigenvalue weighted by molar-refractivity contribution is 5.97. The summed E-state index contributed by atoms with van der Waals surface area (Å²) in [5.41, 5.74) is 3.73. The molecule has 0 radical (unpaired) electrons. The quantitative estimate of drug-likeness (QED) is 0.420. The van der Waals surface area contributed by atoms with Gasteiger partial charge in [0, 0.05) is 12.8 Å². The number of methoxy groups -OCH3 is 1. The van der Waals surface area contributed by atoms with E-state index >= 15 is 0 Å². The van der Waals surface area contributed by atoms with Crippen LogP contribution in [0.25, 0.3) is 0 Å². The summed E-state index contributed by atoms with van der Waals surface area (Å²) in [7, 11) is 1.23. The van der Waals surface area contributed by atoms with Gasteiger partial charge < -0.3 is 20.1 Å². The minimum Gasteiger partial charge on any atom is -0.469 e. The van der Waals surface area contributed by atoms with Crippen molar-refractivity contribution in [1.82, 2.24) is 10.6 Å². The maximum Gasteiger partial charge on any atom is 0.339 e. The summed E-state index contributed by atoms with van der Waals surface area (Å²) in [6.45, 7) is 6.49. The molecule has 0 unspecified atom stereocenters. The number of Topliss-reactive ketones (excluding diaryl/α,β-unsaturated/α-hetero) is 1. The molecule has 0 aliphatic rings. The van der Waals surface area contributed by atoms with Crippen molar-refractivity contribution in [3.8, 4) is 0 Å². The summed E-state index contributed by atoms with van der Waals surface area (Å²) < 4.78 is 9.77. The van der Waals surface area contributed by atoms with Crippen molar-refractivity contribution >= 4 is 29.5 Å². The number of rotatable bonds is 12. The van der Waals surface area contributed by atoms with Gasteiger partial charge >= 0.3 is 11.9 Å². The third kappa shape index (κ3) is 9.18. The number of hydrogen-bond acceptors (Lipinski definition) is 7. The van der Waals surface area contributed by atoms with Gasteiger partial charge in [-0.25, -0.2) is 4.79 Å². The Morgan fingerprint density at radius 2 is 1.51 bits per heavy atom. The molecule has 37 heavy (non-hydrogen) atoms. The number of ketones is 1. The highest BCUT2D eigenvalue weighted by Gasteiger charge is 2.26. The molecule has 2 aromatic carbocycles. The average Bonchev–Trinajstić information content (AvgIpc) is 2.85. The molecule has 0 fully saturated rings. The largest absolute Gasteiger partial charge is 0.469 e. The summed E-state index contributed by atoms with van der Waals surface area (Å²) in [4.78, 5) is 61.9. The first-order chi connectivity index (χ1) is 17.5. The van der Waals surface area contributed by atoms with Crippen LogP contribution < -0.4 is 10.6 Å². The van der Waals surface area contributed by atoms with Gasteiger partial charge in [-0.2, -0.15) is 0 Å². The summed E-state index contributed by atoms with van der Waals surface area (Å²) in [5, 5.41) is 5.21. The van der Waals surface area contributed by atoms with Gasteiger partial charge in [-0.3, -0.25) is 19.2 Å². The van der Waals surface area contributed by atoms with Gasteiger partial charge in [0.25, 0.3) is 0 Å². The van der Waals surface area contributed by atoms with Gasteiger partial charge in [-0.1, -0.05) is 48.0 Å². The molecule has 2 rings (SSSR count). The Kier molecular flexibility index (Phi) is 11.0. The fourth-order valence-electron chi connectivity index (χ4n) is 3.87. The zero-order valence-corrected chi connectivity index (χ0v) is 21.9. The molecule has 0 aliphatic heterocycles. The number of nitrogens with one attached hydrogen (secondary N) is 2. The average molecular weight is 511 g/mol. The van der Waals surface area contributed by atoms with E-state index in [1.54, 1.807) is 26.0 Å². The van der Waals surface area contributed by atoms with Gasteiger partial charge in [-0.05, 0) is 44.4 Å². The first-order valence-electron chi connectivity index (χ1n) is 12.0. The van der Waals surface area contributed by atoms with Crippen LogP contribution in [0.15, 0.2) is 42.5 Å². The van der Waals surface area contributed by atoms with E-state index < -0.39 is 48.2 Å². The summed E-state index contributed by atoms with van der Waals surface area (Å²) in [6.07, 6.45) is -0.0891. The number of ether oxygens (including phenoxy) is 2. The predicted octanol–water partition coefficient (Wildman–Crippen LogP) is 2.52. The topological polar surface area (TPSA) is 128 Å². The monoisotopic (exact) mass is 510 g/mol. The first-order valence-corrected chi connectivity index (χ1v) is 12.0. The van der Waals surface area contributed by atoms with Crippen molar-refractivity contribution in [3.05, 3.63) is 70.3 Å². The maximum absolute atomic E-state index is 13.0. The second-order valence-corrected chi connectivity index (χ2v) is 8.93. The molecule has 2 atom stereocenters. The Labute approximate surface area is 216 Å². The number of benzene rings is 2. The Morgan fingerprint density at radius 3 is 2.11 bits per heavy atom. The second kappa shape index (κ2) is 13.9. The van der Waals surface area contributed by atoms with Crippen molar-refractivity contribution in [1.29, 1.82) is 0 Å². The lowest BCUT2D eigenvalue weighted by Gasteiger charge is -2.21. The number of hydrogen-bond donors (Lipinski definition) is 2. The van der Waals surface area contributed by atoms with Crippen molar-refractivity contribution in [2.45, 2.75) is 59.0 Å². The summed E-state index contributed by atoms with van der Waals surface area (Å²) in [6, 6.07) is 10.8. The zero-order chi connectivity index (χ0) is 27.5. The molecule has 0 saturated heterocycles. The third-order valence-corrected chi connectivity index (χ3v) is 5.79. The van der Waals surface area contributed by atoms with E-state index in [4.69, 9.17) is 4.74 Å². The van der Waals surface area contributed by atoms with E-state index in [1.165, 1.54) is 14.0 Å². The lowest BCUT2D eigenvalue weighted by molar-refractivity contribution is -0.142. The van der Waals surface area contributed by atoms with Crippen LogP contribution in [0.3, 0.4) is 0 Å². The fourth-order valence-corrected chi connectivity index (χ4v) is 3.87. The Morgan fingerprint density at radius 1 is 0.892 bits per heavy atom. The van der Waals surface area contributed by atoms with E-state index in [1.807, 2.05) is 37.3 Å². The number of carbonyl (C=O) groups excluding carboxylic acids is 5. The van der Waals surface area contributed by atoms with Crippen molar-refractivity contribution in [2.75, 3.05) is 13.7 Å². The van der Waals surface area contributed by atoms with Gasteiger partial charge in [0.2, 0.25) is 11.8 Å². The maximum atomic E-state index is 13.0. The predicted molar refractivity (Wildman–Crippen MR) is 137 cm³/mol. The van der Waals surface area contributed by atoms with E-state index in [-0.39, 0.29) is 19.3 Å². The molecule has 2 N–H and O–H groups in total. The molecule has 2 amide bonds. The molecule has 0 aromatic heterocycles. The molecule has 0 spiro atoms. The smallest absolute Gasteiger partial charge is 0.339 e. The van der Waals surface area contributed by atoms with E-state index in [2.05, 4.69) is 15.4 Å². The van der Waals surface area contributed by atoms with Crippen LogP contribution in [-0.2, 0) is 35.1 Å². The van der Waals surface area contributed by atoms with Crippen LogP contribution in [0.5, 0.6) is 0 Å². The van der Waals surface area contributed by atoms with Crippen molar-refractivity contribution in [3.63, 3.8) is 0 Å². The Bertz CT molecular complexity index is 1120. The molecular formula is C28H34N2O7. The molecule has 9 heteroatoms. The van der Waals surface area contributed by atoms with Crippen LogP contribution >= 0.6 is 0 Å². The minimum absolute atomic E-state index is 0.123. The van der Waals surface area contributed by atoms with Crippen LogP contribution in [0, 0.1) is 20.8 Å². The molecule has 0 saturated carbocycles. The molecule has 2 aromatic rings. The number of carbonyl (C=O) groups is 5. The fraction of sp³-hybridized carbons (Fsp3) is 0.393. The minimum atomic E-state index is -0.983. The number of esters is 2. The molecule has 9 nitrogen and oxygen atoms in total. The Hall–Kier alpha value is -4.01. The third-order valence-electron chi connectivity index (χ3n) is 5.79.